The van der Waals surface area contributed by atoms with Gasteiger partial charge in [0.25, 0.3) is 0 Å². The second kappa shape index (κ2) is 7.13. The number of rotatable bonds is 4. The third kappa shape index (κ3) is 5.91. The Labute approximate surface area is 122 Å². The Morgan fingerprint density at radius 1 is 1.30 bits per heavy atom. The highest BCUT2D eigenvalue weighted by atomic mass is 16.6. The molecule has 0 unspecified atom stereocenters. The highest BCUT2D eigenvalue weighted by Crippen LogP contribution is 2.14. The van der Waals surface area contributed by atoms with Crippen LogP contribution in [0, 0.1) is 13.8 Å². The van der Waals surface area contributed by atoms with E-state index in [-0.39, 0.29) is 6.09 Å². The Morgan fingerprint density at radius 2 is 2.00 bits per heavy atom. The second-order valence-corrected chi connectivity index (χ2v) is 5.91. The molecule has 110 valence electrons. The summed E-state index contributed by atoms with van der Waals surface area (Å²) in [6, 6.07) is 6.26. The van der Waals surface area contributed by atoms with Gasteiger partial charge in [-0.1, -0.05) is 30.4 Å². The number of ether oxygens (including phenoxy) is 1. The van der Waals surface area contributed by atoms with Gasteiger partial charge in [-0.15, -0.1) is 0 Å². The SMILES string of the molecule is Cc1cccc(C=CCCNC(=O)OC(C)(C)C)c1C. The van der Waals surface area contributed by atoms with Crippen molar-refractivity contribution in [2.45, 2.75) is 46.6 Å². The summed E-state index contributed by atoms with van der Waals surface area (Å²) in [4.78, 5) is 11.4. The van der Waals surface area contributed by atoms with Gasteiger partial charge in [-0.3, -0.25) is 0 Å². The van der Waals surface area contributed by atoms with Gasteiger partial charge in [-0.25, -0.2) is 4.79 Å². The number of benzene rings is 1. The Hall–Kier alpha value is -1.77. The first-order chi connectivity index (χ1) is 9.29. The van der Waals surface area contributed by atoms with Crippen molar-refractivity contribution in [1.29, 1.82) is 0 Å². The molecular weight excluding hydrogens is 250 g/mol. The molecule has 3 heteroatoms. The van der Waals surface area contributed by atoms with Crippen molar-refractivity contribution in [1.82, 2.24) is 5.32 Å². The number of alkyl carbamates (subject to hydrolysis) is 1. The van der Waals surface area contributed by atoms with Crippen molar-refractivity contribution in [2.75, 3.05) is 6.54 Å². The molecule has 1 aromatic carbocycles. The number of hydrogen-bond donors (Lipinski definition) is 1. The molecule has 0 saturated carbocycles. The van der Waals surface area contributed by atoms with Crippen molar-refractivity contribution in [3.63, 3.8) is 0 Å². The van der Waals surface area contributed by atoms with Crippen molar-refractivity contribution in [3.05, 3.63) is 41.0 Å². The maximum absolute atomic E-state index is 11.4. The van der Waals surface area contributed by atoms with Crippen LogP contribution in [0.25, 0.3) is 6.08 Å². The van der Waals surface area contributed by atoms with Crippen LogP contribution in [0.2, 0.25) is 0 Å². The van der Waals surface area contributed by atoms with E-state index in [0.717, 1.165) is 6.42 Å². The van der Waals surface area contributed by atoms with Crippen LogP contribution in [0.1, 0.15) is 43.9 Å². The van der Waals surface area contributed by atoms with E-state index in [1.807, 2.05) is 20.8 Å². The lowest BCUT2D eigenvalue weighted by molar-refractivity contribution is 0.0529. The first kappa shape index (κ1) is 16.3. The zero-order valence-electron chi connectivity index (χ0n) is 13.1. The third-order valence-corrected chi connectivity index (χ3v) is 2.92. The van der Waals surface area contributed by atoms with E-state index in [2.05, 4.69) is 49.5 Å². The van der Waals surface area contributed by atoms with E-state index < -0.39 is 5.60 Å². The van der Waals surface area contributed by atoms with Gasteiger partial charge in [0.1, 0.15) is 5.60 Å². The predicted octanol–water partition coefficient (Wildman–Crippen LogP) is 4.23. The van der Waals surface area contributed by atoms with Gasteiger partial charge in [-0.2, -0.15) is 0 Å². The van der Waals surface area contributed by atoms with Gasteiger partial charge in [0.15, 0.2) is 0 Å². The van der Waals surface area contributed by atoms with Crippen LogP contribution in [0.3, 0.4) is 0 Å². The second-order valence-electron chi connectivity index (χ2n) is 5.91. The zero-order chi connectivity index (χ0) is 15.2. The molecule has 0 radical (unpaired) electrons. The number of nitrogens with one attached hydrogen (secondary N) is 1. The fourth-order valence-corrected chi connectivity index (χ4v) is 1.74. The molecular formula is C17H25NO2. The largest absolute Gasteiger partial charge is 0.444 e. The molecule has 0 spiro atoms. The van der Waals surface area contributed by atoms with Gasteiger partial charge < -0.3 is 10.1 Å². The summed E-state index contributed by atoms with van der Waals surface area (Å²) in [5.74, 6) is 0. The average Bonchev–Trinajstić information content (AvgIpc) is 2.31. The third-order valence-electron chi connectivity index (χ3n) is 2.92. The molecule has 0 aliphatic carbocycles. The number of carbonyl (C=O) groups is 1. The summed E-state index contributed by atoms with van der Waals surface area (Å²) < 4.78 is 5.16. The lowest BCUT2D eigenvalue weighted by Gasteiger charge is -2.19. The molecule has 0 aliphatic rings. The minimum absolute atomic E-state index is 0.363. The summed E-state index contributed by atoms with van der Waals surface area (Å²) in [6.45, 7) is 10.4. The fourth-order valence-electron chi connectivity index (χ4n) is 1.74. The highest BCUT2D eigenvalue weighted by Gasteiger charge is 2.15. The zero-order valence-corrected chi connectivity index (χ0v) is 13.1. The Bertz CT molecular complexity index is 484. The highest BCUT2D eigenvalue weighted by molar-refractivity contribution is 5.67. The number of aryl methyl sites for hydroxylation is 1. The summed E-state index contributed by atoms with van der Waals surface area (Å²) >= 11 is 0. The molecule has 0 aromatic heterocycles. The Kier molecular flexibility index (Phi) is 5.81. The molecule has 0 atom stereocenters. The molecule has 0 fully saturated rings. The van der Waals surface area contributed by atoms with Crippen LogP contribution in [-0.4, -0.2) is 18.2 Å². The molecule has 0 bridgehead atoms. The minimum Gasteiger partial charge on any atom is -0.444 e. The number of amides is 1. The Morgan fingerprint density at radius 3 is 2.65 bits per heavy atom. The smallest absolute Gasteiger partial charge is 0.407 e. The van der Waals surface area contributed by atoms with E-state index in [0.29, 0.717) is 6.54 Å². The van der Waals surface area contributed by atoms with E-state index in [1.165, 1.54) is 16.7 Å². The normalized spacial score (nSPS) is 11.7. The first-order valence-corrected chi connectivity index (χ1v) is 6.99. The maximum atomic E-state index is 11.4. The van der Waals surface area contributed by atoms with E-state index in [1.54, 1.807) is 0 Å². The molecule has 1 N–H and O–H groups in total. The van der Waals surface area contributed by atoms with E-state index >= 15 is 0 Å². The molecule has 3 nitrogen and oxygen atoms in total. The summed E-state index contributed by atoms with van der Waals surface area (Å²) in [7, 11) is 0. The first-order valence-electron chi connectivity index (χ1n) is 6.99. The molecule has 0 saturated heterocycles. The summed E-state index contributed by atoms with van der Waals surface area (Å²) in [6.07, 6.45) is 4.59. The fraction of sp³-hybridized carbons (Fsp3) is 0.471. The molecule has 1 rings (SSSR count). The lowest BCUT2D eigenvalue weighted by atomic mass is 10.0. The van der Waals surface area contributed by atoms with E-state index in [4.69, 9.17) is 4.74 Å². The predicted molar refractivity (Wildman–Crippen MR) is 83.8 cm³/mol. The minimum atomic E-state index is -0.446. The summed E-state index contributed by atoms with van der Waals surface area (Å²) in [5, 5.41) is 2.74. The lowest BCUT2D eigenvalue weighted by Crippen LogP contribution is -2.32. The van der Waals surface area contributed by atoms with Gasteiger partial charge in [0, 0.05) is 6.54 Å². The van der Waals surface area contributed by atoms with Crippen LogP contribution in [0.4, 0.5) is 4.79 Å². The van der Waals surface area contributed by atoms with Crippen molar-refractivity contribution >= 4 is 12.2 Å². The van der Waals surface area contributed by atoms with Crippen molar-refractivity contribution in [3.8, 4) is 0 Å². The number of carbonyl (C=O) groups excluding carboxylic acids is 1. The standard InChI is InChI=1S/C17H25NO2/c1-13-9-8-11-15(14(13)2)10-6-7-12-18-16(19)20-17(3,4)5/h6,8-11H,7,12H2,1-5H3,(H,18,19). The Balaban J connectivity index is 2.36. The van der Waals surface area contributed by atoms with Crippen LogP contribution in [-0.2, 0) is 4.74 Å². The average molecular weight is 275 g/mol. The van der Waals surface area contributed by atoms with Gasteiger partial charge >= 0.3 is 6.09 Å². The molecule has 0 heterocycles. The molecule has 1 aromatic rings. The summed E-state index contributed by atoms with van der Waals surface area (Å²) in [5.41, 5.74) is 3.36. The monoisotopic (exact) mass is 275 g/mol. The number of hydrogen-bond acceptors (Lipinski definition) is 2. The molecule has 0 aliphatic heterocycles. The van der Waals surface area contributed by atoms with Crippen LogP contribution in [0.15, 0.2) is 24.3 Å². The van der Waals surface area contributed by atoms with Crippen LogP contribution < -0.4 is 5.32 Å². The quantitative estimate of drug-likeness (QED) is 0.835. The topological polar surface area (TPSA) is 38.3 Å². The van der Waals surface area contributed by atoms with Gasteiger partial charge in [0.05, 0.1) is 0 Å². The van der Waals surface area contributed by atoms with Gasteiger partial charge in [-0.05, 0) is 57.7 Å². The maximum Gasteiger partial charge on any atom is 0.407 e. The van der Waals surface area contributed by atoms with Crippen molar-refractivity contribution < 1.29 is 9.53 Å². The van der Waals surface area contributed by atoms with Gasteiger partial charge in [0.2, 0.25) is 0 Å². The van der Waals surface area contributed by atoms with Crippen molar-refractivity contribution in [2.24, 2.45) is 0 Å². The molecule has 1 amide bonds. The van der Waals surface area contributed by atoms with Crippen LogP contribution >= 0.6 is 0 Å². The van der Waals surface area contributed by atoms with E-state index in [9.17, 15) is 4.79 Å². The van der Waals surface area contributed by atoms with Crippen LogP contribution in [0.5, 0.6) is 0 Å². The molecule has 20 heavy (non-hydrogen) atoms.